The molecular formula is C34H25ClF3N3O5S2. The summed E-state index contributed by atoms with van der Waals surface area (Å²) in [6.07, 6.45) is -4.14. The van der Waals surface area contributed by atoms with Crippen LogP contribution < -0.4 is 19.8 Å². The molecule has 0 radical (unpaired) electrons. The first-order chi connectivity index (χ1) is 23.0. The second kappa shape index (κ2) is 11.5. The number of imide groups is 1. The van der Waals surface area contributed by atoms with Crippen LogP contribution in [0.3, 0.4) is 0 Å². The molecule has 4 aliphatic rings. The molecule has 1 saturated heterocycles. The quantitative estimate of drug-likeness (QED) is 0.213. The van der Waals surface area contributed by atoms with E-state index in [1.165, 1.54) is 30.0 Å². The van der Waals surface area contributed by atoms with E-state index in [0.29, 0.717) is 22.9 Å². The molecule has 7 atom stereocenters. The number of nitrogens with zero attached hydrogens (tertiary/aromatic N) is 1. The molecule has 246 valence electrons. The minimum absolute atomic E-state index is 0.124. The van der Waals surface area contributed by atoms with Crippen LogP contribution in [-0.4, -0.2) is 34.6 Å². The van der Waals surface area contributed by atoms with Crippen molar-refractivity contribution in [2.75, 3.05) is 16.8 Å². The predicted octanol–water partition coefficient (Wildman–Crippen LogP) is 6.80. The van der Waals surface area contributed by atoms with Gasteiger partial charge < -0.3 is 15.0 Å². The predicted molar refractivity (Wildman–Crippen MR) is 174 cm³/mol. The number of H-pyrrole nitrogens is 1. The van der Waals surface area contributed by atoms with Gasteiger partial charge in [0, 0.05) is 26.8 Å². The summed E-state index contributed by atoms with van der Waals surface area (Å²) in [5, 5.41) is 3.88. The summed E-state index contributed by atoms with van der Waals surface area (Å²) >= 11 is 8.50. The van der Waals surface area contributed by atoms with E-state index in [1.807, 2.05) is 12.1 Å². The number of carbonyl (C=O) groups excluding carboxylic acids is 3. The standard InChI is InChI=1S/C34H25ClF3N3O5S2/c35-16-7-9-17(10-8-16)39-23(42)14-46-18-11-5-15(6-12-18)24-25-19-13-20(28(25)47-30-29(24)48-33(45)40-30)27-26(19)31(43)41(32(27)44)22-4-2-1-3-21(22)34(36,37)38/h1-12,19-20,24-28H,13-14H2,(H,39,42)(H,40,45)/t19-,20-,24-,25?,26?,27?,28?/m1/s1. The average Bonchev–Trinajstić information content (AvgIpc) is 3.80. The third-order valence-corrected chi connectivity index (χ3v) is 12.8. The Morgan fingerprint density at radius 2 is 1.65 bits per heavy atom. The van der Waals surface area contributed by atoms with Gasteiger partial charge in [0.25, 0.3) is 5.91 Å². The van der Waals surface area contributed by atoms with Crippen LogP contribution in [0.25, 0.3) is 0 Å². The van der Waals surface area contributed by atoms with Crippen LogP contribution >= 0.6 is 34.7 Å². The molecule has 8 rings (SSSR count). The molecule has 2 N–H and O–H groups in total. The molecule has 3 amide bonds. The highest BCUT2D eigenvalue weighted by atomic mass is 35.5. The first-order valence-corrected chi connectivity index (χ1v) is 17.3. The van der Waals surface area contributed by atoms with Crippen molar-refractivity contribution in [1.82, 2.24) is 4.98 Å². The van der Waals surface area contributed by atoms with Crippen LogP contribution in [0.4, 0.5) is 24.5 Å². The van der Waals surface area contributed by atoms with E-state index in [4.69, 9.17) is 16.3 Å². The highest BCUT2D eigenvalue weighted by molar-refractivity contribution is 8.00. The number of ether oxygens (including phenoxy) is 1. The fourth-order valence-corrected chi connectivity index (χ4v) is 11.2. The van der Waals surface area contributed by atoms with Gasteiger partial charge in [-0.05, 0) is 78.3 Å². The van der Waals surface area contributed by atoms with E-state index >= 15 is 0 Å². The number of thioether (sulfide) groups is 1. The van der Waals surface area contributed by atoms with Crippen molar-refractivity contribution in [3.05, 3.63) is 103 Å². The van der Waals surface area contributed by atoms with Crippen LogP contribution in [0.15, 0.2) is 82.6 Å². The number of halogens is 4. The summed E-state index contributed by atoms with van der Waals surface area (Å²) in [7, 11) is 0. The van der Waals surface area contributed by atoms with E-state index in [9.17, 15) is 32.3 Å². The first-order valence-electron chi connectivity index (χ1n) is 15.2. The van der Waals surface area contributed by atoms with Gasteiger partial charge >= 0.3 is 11.0 Å². The average molecular weight is 712 g/mol. The molecule has 14 heteroatoms. The lowest BCUT2D eigenvalue weighted by molar-refractivity contribution is -0.137. The van der Waals surface area contributed by atoms with Crippen molar-refractivity contribution in [2.45, 2.75) is 28.8 Å². The summed E-state index contributed by atoms with van der Waals surface area (Å²) in [6.45, 7) is -0.229. The van der Waals surface area contributed by atoms with Crippen molar-refractivity contribution >= 4 is 63.8 Å². The van der Waals surface area contributed by atoms with Crippen LogP contribution in [0, 0.1) is 29.6 Å². The molecule has 8 nitrogen and oxygen atoms in total. The maximum atomic E-state index is 14.0. The minimum Gasteiger partial charge on any atom is -0.484 e. The number of rotatable bonds is 6. The third-order valence-electron chi connectivity index (χ3n) is 9.91. The number of aromatic amines is 1. The van der Waals surface area contributed by atoms with Crippen molar-refractivity contribution < 1.29 is 32.3 Å². The van der Waals surface area contributed by atoms with Crippen molar-refractivity contribution in [1.29, 1.82) is 0 Å². The van der Waals surface area contributed by atoms with E-state index in [0.717, 1.165) is 37.8 Å². The largest absolute Gasteiger partial charge is 0.484 e. The molecule has 2 aliphatic heterocycles. The van der Waals surface area contributed by atoms with Gasteiger partial charge in [-0.1, -0.05) is 47.2 Å². The maximum absolute atomic E-state index is 14.0. The number of hydrogen-bond donors (Lipinski definition) is 2. The Hall–Kier alpha value is -4.07. The summed E-state index contributed by atoms with van der Waals surface area (Å²) < 4.78 is 47.6. The minimum atomic E-state index is -4.74. The molecule has 4 unspecified atom stereocenters. The Morgan fingerprint density at radius 1 is 0.958 bits per heavy atom. The number of anilines is 2. The molecule has 2 saturated carbocycles. The summed E-state index contributed by atoms with van der Waals surface area (Å²) in [5.41, 5.74) is 0.00701. The normalized spacial score (nSPS) is 27.1. The SMILES string of the molecule is O=C(COc1ccc([C@H]2c3sc(=O)[nH]c3SC3C2[C@H]2C[C@@H]3C3C(=O)N(c4ccccc4C(F)(F)F)C(=O)C32)cc1)Nc1ccc(Cl)cc1. The van der Waals surface area contributed by atoms with Crippen molar-refractivity contribution in [3.63, 3.8) is 0 Å². The van der Waals surface area contributed by atoms with Gasteiger partial charge in [0.1, 0.15) is 5.75 Å². The number of alkyl halides is 3. The Balaban J connectivity index is 1.07. The molecule has 0 spiro atoms. The fourth-order valence-electron chi connectivity index (χ4n) is 8.19. The number of hydrogen-bond acceptors (Lipinski definition) is 7. The molecule has 4 aromatic rings. The zero-order valence-electron chi connectivity index (χ0n) is 24.7. The number of nitrogens with one attached hydrogen (secondary N) is 2. The number of aromatic nitrogens is 1. The van der Waals surface area contributed by atoms with Crippen LogP contribution in [-0.2, 0) is 20.6 Å². The van der Waals surface area contributed by atoms with Gasteiger partial charge in [0.2, 0.25) is 11.8 Å². The Morgan fingerprint density at radius 3 is 2.35 bits per heavy atom. The number of fused-ring (bicyclic) bond motifs is 9. The summed E-state index contributed by atoms with van der Waals surface area (Å²) in [4.78, 5) is 57.1. The van der Waals surface area contributed by atoms with Crippen LogP contribution in [0.1, 0.15) is 28.3 Å². The molecule has 3 aromatic carbocycles. The van der Waals surface area contributed by atoms with E-state index < -0.39 is 41.1 Å². The number of benzene rings is 3. The zero-order valence-corrected chi connectivity index (χ0v) is 27.1. The zero-order chi connectivity index (χ0) is 33.5. The van der Waals surface area contributed by atoms with Gasteiger partial charge in [0.15, 0.2) is 6.61 Å². The number of amides is 3. The fraction of sp³-hybridized carbons (Fsp3) is 0.294. The molecule has 1 aromatic heterocycles. The second-order valence-electron chi connectivity index (χ2n) is 12.4. The second-order valence-corrected chi connectivity index (χ2v) is 15.0. The van der Waals surface area contributed by atoms with Crippen LogP contribution in [0.5, 0.6) is 5.75 Å². The highest BCUT2D eigenvalue weighted by Crippen LogP contribution is 2.69. The monoisotopic (exact) mass is 711 g/mol. The van der Waals surface area contributed by atoms with E-state index in [2.05, 4.69) is 10.3 Å². The molecule has 3 heterocycles. The van der Waals surface area contributed by atoms with Gasteiger partial charge in [-0.2, -0.15) is 13.2 Å². The first kappa shape index (κ1) is 31.2. The lowest BCUT2D eigenvalue weighted by Gasteiger charge is -2.43. The topological polar surface area (TPSA) is 109 Å². The van der Waals surface area contributed by atoms with Crippen LogP contribution in [0.2, 0.25) is 5.02 Å². The lowest BCUT2D eigenvalue weighted by Crippen LogP contribution is -2.42. The maximum Gasteiger partial charge on any atom is 0.418 e. The Bertz CT molecular complexity index is 2020. The summed E-state index contributed by atoms with van der Waals surface area (Å²) in [5.74, 6) is -3.46. The molecular weight excluding hydrogens is 687 g/mol. The Kier molecular flexibility index (Phi) is 7.49. The number of thiazole rings is 1. The van der Waals surface area contributed by atoms with Crippen molar-refractivity contribution in [2.24, 2.45) is 29.6 Å². The van der Waals surface area contributed by atoms with Gasteiger partial charge in [0.05, 0.1) is 28.1 Å². The third kappa shape index (κ3) is 5.05. The van der Waals surface area contributed by atoms with Gasteiger partial charge in [-0.15, -0.1) is 11.8 Å². The van der Waals surface area contributed by atoms with E-state index in [1.54, 1.807) is 36.4 Å². The smallest absolute Gasteiger partial charge is 0.418 e. The Labute approximate surface area is 284 Å². The molecule has 48 heavy (non-hydrogen) atoms. The molecule has 2 aliphatic carbocycles. The van der Waals surface area contributed by atoms with Gasteiger partial charge in [-0.3, -0.25) is 19.2 Å². The molecule has 2 bridgehead atoms. The number of para-hydroxylation sites is 1. The highest BCUT2D eigenvalue weighted by Gasteiger charge is 2.70. The summed E-state index contributed by atoms with van der Waals surface area (Å²) in [6, 6.07) is 18.6. The molecule has 3 fully saturated rings. The number of carbonyl (C=O) groups is 3. The lowest BCUT2D eigenvalue weighted by atomic mass is 9.68. The van der Waals surface area contributed by atoms with Crippen molar-refractivity contribution in [3.8, 4) is 5.75 Å². The van der Waals surface area contributed by atoms with Gasteiger partial charge in [-0.25, -0.2) is 4.90 Å². The van der Waals surface area contributed by atoms with E-state index in [-0.39, 0.29) is 46.3 Å².